The summed E-state index contributed by atoms with van der Waals surface area (Å²) in [5.74, 6) is 2.03. The van der Waals surface area contributed by atoms with E-state index < -0.39 is 0 Å². The first-order chi connectivity index (χ1) is 10.7. The van der Waals surface area contributed by atoms with E-state index in [1.807, 2.05) is 18.7 Å². The number of aliphatic imine (C=N–C) groups is 1. The monoisotopic (exact) mass is 459 g/mol. The number of rotatable bonds is 13. The van der Waals surface area contributed by atoms with Crippen LogP contribution in [-0.4, -0.2) is 50.7 Å². The van der Waals surface area contributed by atoms with Gasteiger partial charge in [-0.15, -0.1) is 24.0 Å². The fraction of sp³-hybridized carbons (Fsp3) is 0.875. The van der Waals surface area contributed by atoms with Gasteiger partial charge in [0.25, 0.3) is 0 Å². The van der Waals surface area contributed by atoms with E-state index in [0.29, 0.717) is 13.0 Å². The van der Waals surface area contributed by atoms with E-state index in [2.05, 4.69) is 21.9 Å². The van der Waals surface area contributed by atoms with Gasteiger partial charge in [0.05, 0.1) is 6.61 Å². The number of carbonyl (C=O) groups excluding carboxylic acids is 1. The number of thioether (sulfide) groups is 1. The van der Waals surface area contributed by atoms with Gasteiger partial charge in [-0.3, -0.25) is 9.79 Å². The molecule has 0 spiro atoms. The summed E-state index contributed by atoms with van der Waals surface area (Å²) in [7, 11) is 1.80. The molecule has 0 fully saturated rings. The SMILES string of the molecule is CCOC(=O)CCCCCCNC(=NC)NCCCCSC.I. The summed E-state index contributed by atoms with van der Waals surface area (Å²) in [6.07, 6.45) is 9.30. The van der Waals surface area contributed by atoms with Crippen molar-refractivity contribution in [1.82, 2.24) is 10.6 Å². The molecular weight excluding hydrogens is 425 g/mol. The predicted molar refractivity (Wildman–Crippen MR) is 112 cm³/mol. The Balaban J connectivity index is 0. The average Bonchev–Trinajstić information content (AvgIpc) is 2.52. The van der Waals surface area contributed by atoms with Crippen LogP contribution in [0.25, 0.3) is 0 Å². The van der Waals surface area contributed by atoms with Crippen molar-refractivity contribution < 1.29 is 9.53 Å². The minimum atomic E-state index is -0.0771. The minimum absolute atomic E-state index is 0. The molecule has 7 heteroatoms. The molecule has 0 aliphatic carbocycles. The third-order valence-electron chi connectivity index (χ3n) is 3.20. The second-order valence-electron chi connectivity index (χ2n) is 5.09. The van der Waals surface area contributed by atoms with Crippen LogP contribution in [0.1, 0.15) is 51.9 Å². The van der Waals surface area contributed by atoms with Gasteiger partial charge in [0.15, 0.2) is 5.96 Å². The molecule has 0 aliphatic heterocycles. The van der Waals surface area contributed by atoms with Gasteiger partial charge in [0.1, 0.15) is 0 Å². The van der Waals surface area contributed by atoms with Gasteiger partial charge < -0.3 is 15.4 Å². The standard InChI is InChI=1S/C16H33N3O2S.HI/c1-4-21-15(20)11-7-5-6-8-12-18-16(17-2)19-13-9-10-14-22-3;/h4-14H2,1-3H3,(H2,17,18,19);1H. The number of ether oxygens (including phenoxy) is 1. The van der Waals surface area contributed by atoms with E-state index in [0.717, 1.165) is 44.7 Å². The molecule has 0 rings (SSSR count). The molecule has 0 aromatic rings. The molecular formula is C16H34IN3O2S. The predicted octanol–water partition coefficient (Wildman–Crippen LogP) is 3.43. The Morgan fingerprint density at radius 3 is 2.22 bits per heavy atom. The Hall–Kier alpha value is -0.180. The lowest BCUT2D eigenvalue weighted by molar-refractivity contribution is -0.143. The average molecular weight is 459 g/mol. The van der Waals surface area contributed by atoms with E-state index in [9.17, 15) is 4.79 Å². The molecule has 0 heterocycles. The number of nitrogens with zero attached hydrogens (tertiary/aromatic N) is 1. The maximum atomic E-state index is 11.2. The maximum absolute atomic E-state index is 11.2. The van der Waals surface area contributed by atoms with Crippen LogP contribution >= 0.6 is 35.7 Å². The van der Waals surface area contributed by atoms with E-state index in [1.54, 1.807) is 7.05 Å². The first-order valence-corrected chi connectivity index (χ1v) is 9.73. The van der Waals surface area contributed by atoms with Crippen LogP contribution in [0.2, 0.25) is 0 Å². The van der Waals surface area contributed by atoms with Gasteiger partial charge in [0, 0.05) is 26.6 Å². The van der Waals surface area contributed by atoms with Crippen LogP contribution in [0, 0.1) is 0 Å². The third kappa shape index (κ3) is 18.0. The largest absolute Gasteiger partial charge is 0.466 e. The van der Waals surface area contributed by atoms with Crippen molar-refractivity contribution in [3.05, 3.63) is 0 Å². The van der Waals surface area contributed by atoms with Crippen LogP contribution in [0.5, 0.6) is 0 Å². The Morgan fingerprint density at radius 2 is 1.65 bits per heavy atom. The summed E-state index contributed by atoms with van der Waals surface area (Å²) in [5, 5.41) is 6.65. The number of halogens is 1. The zero-order valence-corrected chi connectivity index (χ0v) is 18.0. The number of unbranched alkanes of at least 4 members (excludes halogenated alkanes) is 4. The highest BCUT2D eigenvalue weighted by atomic mass is 127. The summed E-state index contributed by atoms with van der Waals surface area (Å²) in [5.41, 5.74) is 0. The van der Waals surface area contributed by atoms with Gasteiger partial charge in [-0.25, -0.2) is 0 Å². The van der Waals surface area contributed by atoms with Crippen LogP contribution in [0.4, 0.5) is 0 Å². The van der Waals surface area contributed by atoms with Crippen molar-refractivity contribution in [3.63, 3.8) is 0 Å². The van der Waals surface area contributed by atoms with Crippen molar-refractivity contribution in [3.8, 4) is 0 Å². The number of nitrogens with one attached hydrogen (secondary N) is 2. The molecule has 2 N–H and O–H groups in total. The van der Waals surface area contributed by atoms with Gasteiger partial charge in [-0.05, 0) is 44.6 Å². The summed E-state index contributed by atoms with van der Waals surface area (Å²) < 4.78 is 4.90. The highest BCUT2D eigenvalue weighted by molar-refractivity contribution is 14.0. The molecule has 0 aromatic heterocycles. The Labute approximate surface area is 163 Å². The number of carbonyl (C=O) groups is 1. The molecule has 0 saturated heterocycles. The minimum Gasteiger partial charge on any atom is -0.466 e. The lowest BCUT2D eigenvalue weighted by Crippen LogP contribution is -2.38. The number of hydrogen-bond donors (Lipinski definition) is 2. The van der Waals surface area contributed by atoms with Crippen LogP contribution in [0.3, 0.4) is 0 Å². The lowest BCUT2D eigenvalue weighted by Gasteiger charge is -2.11. The topological polar surface area (TPSA) is 62.7 Å². The van der Waals surface area contributed by atoms with Crippen molar-refractivity contribution in [2.75, 3.05) is 38.8 Å². The zero-order chi connectivity index (χ0) is 16.5. The van der Waals surface area contributed by atoms with Crippen molar-refractivity contribution in [2.45, 2.75) is 51.9 Å². The highest BCUT2D eigenvalue weighted by Gasteiger charge is 2.01. The van der Waals surface area contributed by atoms with Crippen LogP contribution < -0.4 is 10.6 Å². The summed E-state index contributed by atoms with van der Waals surface area (Å²) in [6, 6.07) is 0. The fourth-order valence-electron chi connectivity index (χ4n) is 1.99. The van der Waals surface area contributed by atoms with Crippen molar-refractivity contribution >= 4 is 47.7 Å². The molecule has 0 aliphatic rings. The molecule has 0 atom stereocenters. The molecule has 5 nitrogen and oxygen atoms in total. The second-order valence-corrected chi connectivity index (χ2v) is 6.08. The molecule has 23 heavy (non-hydrogen) atoms. The van der Waals surface area contributed by atoms with Crippen LogP contribution in [-0.2, 0) is 9.53 Å². The van der Waals surface area contributed by atoms with E-state index in [4.69, 9.17) is 4.74 Å². The Bertz CT molecular complexity index is 305. The van der Waals surface area contributed by atoms with Crippen molar-refractivity contribution in [2.24, 2.45) is 4.99 Å². The zero-order valence-electron chi connectivity index (χ0n) is 14.9. The van der Waals surface area contributed by atoms with E-state index >= 15 is 0 Å². The quantitative estimate of drug-likeness (QED) is 0.145. The highest BCUT2D eigenvalue weighted by Crippen LogP contribution is 2.03. The lowest BCUT2D eigenvalue weighted by atomic mass is 10.1. The smallest absolute Gasteiger partial charge is 0.305 e. The van der Waals surface area contributed by atoms with Crippen molar-refractivity contribution in [1.29, 1.82) is 0 Å². The fourth-order valence-corrected chi connectivity index (χ4v) is 2.48. The van der Waals surface area contributed by atoms with Gasteiger partial charge in [-0.1, -0.05) is 12.8 Å². The Morgan fingerprint density at radius 1 is 1.04 bits per heavy atom. The molecule has 0 amide bonds. The summed E-state index contributed by atoms with van der Waals surface area (Å²) >= 11 is 1.89. The third-order valence-corrected chi connectivity index (χ3v) is 3.89. The Kier molecular flexibility index (Phi) is 21.6. The summed E-state index contributed by atoms with van der Waals surface area (Å²) in [6.45, 7) is 4.21. The molecule has 0 unspecified atom stereocenters. The molecule has 0 bridgehead atoms. The van der Waals surface area contributed by atoms with E-state index in [1.165, 1.54) is 18.6 Å². The van der Waals surface area contributed by atoms with E-state index in [-0.39, 0.29) is 29.9 Å². The van der Waals surface area contributed by atoms with Crippen LogP contribution in [0.15, 0.2) is 4.99 Å². The number of esters is 1. The second kappa shape index (κ2) is 19.9. The van der Waals surface area contributed by atoms with Gasteiger partial charge >= 0.3 is 5.97 Å². The normalized spacial score (nSPS) is 10.8. The van der Waals surface area contributed by atoms with Gasteiger partial charge in [0.2, 0.25) is 0 Å². The molecule has 0 saturated carbocycles. The number of hydrogen-bond acceptors (Lipinski definition) is 4. The van der Waals surface area contributed by atoms with Gasteiger partial charge in [-0.2, -0.15) is 11.8 Å². The number of guanidine groups is 1. The summed E-state index contributed by atoms with van der Waals surface area (Å²) in [4.78, 5) is 15.4. The first-order valence-electron chi connectivity index (χ1n) is 8.33. The maximum Gasteiger partial charge on any atom is 0.305 e. The molecule has 0 aromatic carbocycles. The first kappa shape index (κ1) is 25.1. The molecule has 138 valence electrons. The molecule has 0 radical (unpaired) electrons.